The third kappa shape index (κ3) is 5.98. The van der Waals surface area contributed by atoms with E-state index in [1.807, 2.05) is 32.9 Å². The lowest BCUT2D eigenvalue weighted by molar-refractivity contribution is -0.155. The molecular weight excluding hydrogens is 476 g/mol. The summed E-state index contributed by atoms with van der Waals surface area (Å²) in [6.07, 6.45) is 11.3. The van der Waals surface area contributed by atoms with E-state index in [9.17, 15) is 9.59 Å². The molecule has 0 aromatic heterocycles. The molecule has 0 N–H and O–H groups in total. The number of hydrogen-bond donors (Lipinski definition) is 0. The maximum absolute atomic E-state index is 12.3. The molecule has 0 spiro atoms. The van der Waals surface area contributed by atoms with Gasteiger partial charge in [0.1, 0.15) is 11.4 Å². The number of rotatable bonds is 8. The quantitative estimate of drug-likeness (QED) is 0.276. The molecule has 0 radical (unpaired) electrons. The second-order valence-electron chi connectivity index (χ2n) is 12.6. The van der Waals surface area contributed by atoms with E-state index in [1.54, 1.807) is 6.08 Å². The molecule has 0 unspecified atom stereocenters. The van der Waals surface area contributed by atoms with Gasteiger partial charge in [0.25, 0.3) is 0 Å². The van der Waals surface area contributed by atoms with Crippen LogP contribution in [0.4, 0.5) is 0 Å². The second kappa shape index (κ2) is 10.6. The van der Waals surface area contributed by atoms with Gasteiger partial charge in [-0.05, 0) is 117 Å². The first-order valence-electron chi connectivity index (χ1n) is 14.0. The van der Waals surface area contributed by atoms with E-state index in [1.165, 1.54) is 62.8 Å². The minimum absolute atomic E-state index is 0.162. The Morgan fingerprint density at radius 3 is 2.11 bits per heavy atom. The van der Waals surface area contributed by atoms with Crippen LogP contribution < -0.4 is 4.74 Å². The summed E-state index contributed by atoms with van der Waals surface area (Å²) in [5.74, 6) is 2.78. The summed E-state index contributed by atoms with van der Waals surface area (Å²) in [7, 11) is 1.38. The smallest absolute Gasteiger partial charge is 0.330 e. The SMILES string of the molecule is COC(=O)C=Cc1ccc(-c2ccc(OCCC(=O)OC(C)(C)C)c(C34CC5CC(CC(C5)C3)C4)c2)cc1. The Morgan fingerprint density at radius 1 is 0.921 bits per heavy atom. The standard InChI is InChI=1S/C33H40O5/c1-32(2,3)38-31(35)13-14-37-29-11-10-27(26-8-5-22(6-9-26)7-12-30(34)36-4)18-28(29)33-19-23-15-24(20-33)17-25(16-23)21-33/h5-12,18,23-25H,13-17,19-21H2,1-4H3. The van der Waals surface area contributed by atoms with Crippen LogP contribution in [0.1, 0.15) is 76.8 Å². The molecule has 5 nitrogen and oxygen atoms in total. The molecule has 4 bridgehead atoms. The number of carbonyl (C=O) groups excluding carboxylic acids is 2. The highest BCUT2D eigenvalue weighted by atomic mass is 16.6. The van der Waals surface area contributed by atoms with Crippen molar-refractivity contribution in [3.8, 4) is 16.9 Å². The van der Waals surface area contributed by atoms with Crippen LogP contribution in [0.15, 0.2) is 48.5 Å². The summed E-state index contributed by atoms with van der Waals surface area (Å²) in [5, 5.41) is 0. The lowest BCUT2D eigenvalue weighted by atomic mass is 9.48. The van der Waals surface area contributed by atoms with Crippen LogP contribution in [-0.4, -0.2) is 31.3 Å². The molecular formula is C33H40O5. The fraction of sp³-hybridized carbons (Fsp3) is 0.515. The van der Waals surface area contributed by atoms with Crippen LogP contribution >= 0.6 is 0 Å². The van der Waals surface area contributed by atoms with Gasteiger partial charge in [-0.2, -0.15) is 0 Å². The highest BCUT2D eigenvalue weighted by Gasteiger charge is 2.52. The Hall–Kier alpha value is -3.08. The summed E-state index contributed by atoms with van der Waals surface area (Å²) in [4.78, 5) is 23.7. The van der Waals surface area contributed by atoms with Gasteiger partial charge in [0.05, 0.1) is 20.1 Å². The van der Waals surface area contributed by atoms with E-state index in [-0.39, 0.29) is 23.8 Å². The molecule has 0 atom stereocenters. The maximum Gasteiger partial charge on any atom is 0.330 e. The van der Waals surface area contributed by atoms with Crippen molar-refractivity contribution in [3.05, 3.63) is 59.7 Å². The summed E-state index contributed by atoms with van der Waals surface area (Å²) < 4.78 is 16.5. The third-order valence-electron chi connectivity index (χ3n) is 8.43. The molecule has 6 rings (SSSR count). The molecule has 2 aromatic rings. The van der Waals surface area contributed by atoms with Crippen molar-refractivity contribution in [1.29, 1.82) is 0 Å². The van der Waals surface area contributed by atoms with Gasteiger partial charge in [-0.1, -0.05) is 30.3 Å². The Morgan fingerprint density at radius 2 is 1.53 bits per heavy atom. The van der Waals surface area contributed by atoms with Crippen LogP contribution in [0.3, 0.4) is 0 Å². The van der Waals surface area contributed by atoms with Gasteiger partial charge in [-0.15, -0.1) is 0 Å². The van der Waals surface area contributed by atoms with Crippen LogP contribution in [0.5, 0.6) is 5.75 Å². The summed E-state index contributed by atoms with van der Waals surface area (Å²) >= 11 is 0. The molecule has 38 heavy (non-hydrogen) atoms. The van der Waals surface area contributed by atoms with E-state index < -0.39 is 5.60 Å². The van der Waals surface area contributed by atoms with Crippen molar-refractivity contribution >= 4 is 18.0 Å². The average Bonchev–Trinajstić information content (AvgIpc) is 2.86. The zero-order valence-corrected chi connectivity index (χ0v) is 23.1. The van der Waals surface area contributed by atoms with Gasteiger partial charge >= 0.3 is 11.9 Å². The minimum atomic E-state index is -0.492. The predicted octanol–water partition coefficient (Wildman–Crippen LogP) is 7.12. The van der Waals surface area contributed by atoms with Gasteiger partial charge in [-0.25, -0.2) is 4.79 Å². The molecule has 0 heterocycles. The Kier molecular flexibility index (Phi) is 7.39. The van der Waals surface area contributed by atoms with E-state index in [4.69, 9.17) is 9.47 Å². The van der Waals surface area contributed by atoms with Crippen molar-refractivity contribution in [2.24, 2.45) is 17.8 Å². The fourth-order valence-corrected chi connectivity index (χ4v) is 7.35. The van der Waals surface area contributed by atoms with Crippen LogP contribution in [0.25, 0.3) is 17.2 Å². The molecule has 0 saturated heterocycles. The molecule has 0 aliphatic heterocycles. The van der Waals surface area contributed by atoms with Crippen molar-refractivity contribution < 1.29 is 23.8 Å². The lowest BCUT2D eigenvalue weighted by Gasteiger charge is -2.57. The minimum Gasteiger partial charge on any atom is -0.493 e. The van der Waals surface area contributed by atoms with Gasteiger partial charge in [0.15, 0.2) is 0 Å². The number of carbonyl (C=O) groups is 2. The highest BCUT2D eigenvalue weighted by Crippen LogP contribution is 2.62. The molecule has 4 saturated carbocycles. The Labute approximate surface area is 226 Å². The van der Waals surface area contributed by atoms with Crippen molar-refractivity contribution in [1.82, 2.24) is 0 Å². The first-order chi connectivity index (χ1) is 18.1. The van der Waals surface area contributed by atoms with E-state index in [0.717, 1.165) is 34.6 Å². The summed E-state index contributed by atoms with van der Waals surface area (Å²) in [5.41, 5.74) is 4.23. The molecule has 0 amide bonds. The van der Waals surface area contributed by atoms with Gasteiger partial charge < -0.3 is 14.2 Å². The van der Waals surface area contributed by atoms with Gasteiger partial charge in [0.2, 0.25) is 0 Å². The topological polar surface area (TPSA) is 61.8 Å². The van der Waals surface area contributed by atoms with Crippen LogP contribution in [-0.2, 0) is 24.5 Å². The van der Waals surface area contributed by atoms with Crippen molar-refractivity contribution in [2.75, 3.05) is 13.7 Å². The van der Waals surface area contributed by atoms with Crippen molar-refractivity contribution in [2.45, 2.75) is 76.7 Å². The molecule has 4 aliphatic rings. The predicted molar refractivity (Wildman–Crippen MR) is 149 cm³/mol. The largest absolute Gasteiger partial charge is 0.493 e. The first-order valence-corrected chi connectivity index (χ1v) is 14.0. The number of esters is 2. The van der Waals surface area contributed by atoms with Crippen molar-refractivity contribution in [3.63, 3.8) is 0 Å². The van der Waals surface area contributed by atoms with E-state index >= 15 is 0 Å². The van der Waals surface area contributed by atoms with Gasteiger partial charge in [0, 0.05) is 11.6 Å². The van der Waals surface area contributed by atoms with E-state index in [0.29, 0.717) is 6.61 Å². The molecule has 5 heteroatoms. The van der Waals surface area contributed by atoms with E-state index in [2.05, 4.69) is 35.1 Å². The van der Waals surface area contributed by atoms with Crippen LogP contribution in [0.2, 0.25) is 0 Å². The molecule has 2 aromatic carbocycles. The summed E-state index contributed by atoms with van der Waals surface area (Å²) in [6.45, 7) is 5.97. The summed E-state index contributed by atoms with van der Waals surface area (Å²) in [6, 6.07) is 14.8. The zero-order valence-electron chi connectivity index (χ0n) is 23.1. The van der Waals surface area contributed by atoms with Crippen LogP contribution in [0, 0.1) is 17.8 Å². The Balaban J connectivity index is 1.41. The maximum atomic E-state index is 12.3. The lowest BCUT2D eigenvalue weighted by Crippen LogP contribution is -2.48. The number of benzene rings is 2. The second-order valence-corrected chi connectivity index (χ2v) is 12.6. The number of hydrogen-bond acceptors (Lipinski definition) is 5. The third-order valence-corrected chi connectivity index (χ3v) is 8.43. The molecule has 202 valence electrons. The highest BCUT2D eigenvalue weighted by molar-refractivity contribution is 5.87. The normalized spacial score (nSPS) is 25.9. The zero-order chi connectivity index (χ0) is 26.9. The first kappa shape index (κ1) is 26.5. The molecule has 4 aliphatic carbocycles. The fourth-order valence-electron chi connectivity index (χ4n) is 7.35. The average molecular weight is 517 g/mol. The number of methoxy groups -OCH3 is 1. The Bertz CT molecular complexity index is 1170. The number of ether oxygens (including phenoxy) is 3. The monoisotopic (exact) mass is 516 g/mol. The molecule has 4 fully saturated rings. The van der Waals surface area contributed by atoms with Gasteiger partial charge in [-0.3, -0.25) is 4.79 Å².